The van der Waals surface area contributed by atoms with Gasteiger partial charge in [0, 0.05) is 39.1 Å². The van der Waals surface area contributed by atoms with Crippen LogP contribution in [0, 0.1) is 5.82 Å². The Morgan fingerprint density at radius 1 is 0.969 bits per heavy atom. The van der Waals surface area contributed by atoms with E-state index in [1.165, 1.54) is 12.1 Å². The lowest BCUT2D eigenvalue weighted by molar-refractivity contribution is -0.134. The van der Waals surface area contributed by atoms with Crippen molar-refractivity contribution in [2.24, 2.45) is 0 Å². The molecule has 0 bridgehead atoms. The van der Waals surface area contributed by atoms with E-state index in [9.17, 15) is 14.0 Å². The summed E-state index contributed by atoms with van der Waals surface area (Å²) < 4.78 is 18.1. The van der Waals surface area contributed by atoms with Gasteiger partial charge in [-0.2, -0.15) is 0 Å². The minimum absolute atomic E-state index is 0.0219. The highest BCUT2D eigenvalue weighted by molar-refractivity contribution is 5.81. The Kier molecular flexibility index (Phi) is 8.62. The molecule has 1 saturated heterocycles. The number of halogens is 1. The largest absolute Gasteiger partial charge is 0.497 e. The fourth-order valence-electron chi connectivity index (χ4n) is 3.85. The van der Waals surface area contributed by atoms with Gasteiger partial charge >= 0.3 is 0 Å². The van der Waals surface area contributed by atoms with E-state index in [2.05, 4.69) is 10.2 Å². The molecule has 0 aliphatic carbocycles. The molecule has 1 unspecified atom stereocenters. The molecule has 3 rings (SSSR count). The van der Waals surface area contributed by atoms with Crippen LogP contribution < -0.4 is 10.1 Å². The Morgan fingerprint density at radius 2 is 1.56 bits per heavy atom. The molecule has 0 spiro atoms. The number of aryl methyl sites for hydroxylation is 1. The highest BCUT2D eigenvalue weighted by Crippen LogP contribution is 2.14. The van der Waals surface area contributed by atoms with Crippen molar-refractivity contribution in [1.29, 1.82) is 0 Å². The number of nitrogens with one attached hydrogen (secondary N) is 1. The molecule has 1 fully saturated rings. The summed E-state index contributed by atoms with van der Waals surface area (Å²) in [6.45, 7) is 5.04. The summed E-state index contributed by atoms with van der Waals surface area (Å²) in [5.74, 6) is 0.679. The van der Waals surface area contributed by atoms with Gasteiger partial charge in [0.25, 0.3) is 0 Å². The Hall–Kier alpha value is -2.93. The van der Waals surface area contributed by atoms with E-state index in [0.29, 0.717) is 52.0 Å². The number of piperazine rings is 1. The molecule has 0 aromatic heterocycles. The van der Waals surface area contributed by atoms with Gasteiger partial charge in [0.2, 0.25) is 11.8 Å². The predicted octanol–water partition coefficient (Wildman–Crippen LogP) is 2.66. The number of carbonyl (C=O) groups excluding carboxylic acids is 2. The number of methoxy groups -OCH3 is 1. The summed E-state index contributed by atoms with van der Waals surface area (Å²) in [5.41, 5.74) is 2.10. The smallest absolute Gasteiger partial charge is 0.237 e. The van der Waals surface area contributed by atoms with E-state index >= 15 is 0 Å². The lowest BCUT2D eigenvalue weighted by Crippen LogP contribution is -2.55. The van der Waals surface area contributed by atoms with Crippen LogP contribution in [0.4, 0.5) is 4.39 Å². The molecule has 2 aromatic carbocycles. The van der Waals surface area contributed by atoms with Crippen molar-refractivity contribution in [3.8, 4) is 5.75 Å². The number of benzene rings is 2. The van der Waals surface area contributed by atoms with Gasteiger partial charge < -0.3 is 15.0 Å². The van der Waals surface area contributed by atoms with Crippen molar-refractivity contribution in [2.45, 2.75) is 32.2 Å². The van der Waals surface area contributed by atoms with Crippen LogP contribution in [0.3, 0.4) is 0 Å². The van der Waals surface area contributed by atoms with Crippen LogP contribution in [0.5, 0.6) is 5.75 Å². The van der Waals surface area contributed by atoms with E-state index in [4.69, 9.17) is 4.74 Å². The third-order valence-corrected chi connectivity index (χ3v) is 6.01. The SMILES string of the molecule is COc1ccc(CCC(=O)N2CCN(C(C)C(=O)NCCc3ccc(F)cc3)CC2)cc1. The fraction of sp³-hybridized carbons (Fsp3) is 0.440. The highest BCUT2D eigenvalue weighted by atomic mass is 19.1. The summed E-state index contributed by atoms with van der Waals surface area (Å²) in [5, 5.41) is 2.96. The average molecular weight is 442 g/mol. The van der Waals surface area contributed by atoms with Gasteiger partial charge in [0.1, 0.15) is 11.6 Å². The topological polar surface area (TPSA) is 61.9 Å². The number of rotatable bonds is 9. The molecule has 0 saturated carbocycles. The number of hydrogen-bond acceptors (Lipinski definition) is 4. The first-order valence-electron chi connectivity index (χ1n) is 11.1. The monoisotopic (exact) mass is 441 g/mol. The summed E-state index contributed by atoms with van der Waals surface area (Å²) in [6.07, 6.45) is 1.84. The lowest BCUT2D eigenvalue weighted by Gasteiger charge is -2.37. The van der Waals surface area contributed by atoms with Gasteiger partial charge in [-0.1, -0.05) is 24.3 Å². The molecular weight excluding hydrogens is 409 g/mol. The number of amides is 2. The van der Waals surface area contributed by atoms with Crippen molar-refractivity contribution in [3.05, 3.63) is 65.5 Å². The molecule has 2 aromatic rings. The first kappa shape index (κ1) is 23.7. The van der Waals surface area contributed by atoms with Crippen molar-refractivity contribution in [3.63, 3.8) is 0 Å². The zero-order chi connectivity index (χ0) is 22.9. The van der Waals surface area contributed by atoms with Gasteiger partial charge in [-0.05, 0) is 55.2 Å². The first-order valence-corrected chi connectivity index (χ1v) is 11.1. The van der Waals surface area contributed by atoms with E-state index in [0.717, 1.165) is 16.9 Å². The van der Waals surface area contributed by atoms with Crippen molar-refractivity contribution >= 4 is 11.8 Å². The molecule has 1 heterocycles. The highest BCUT2D eigenvalue weighted by Gasteiger charge is 2.27. The average Bonchev–Trinajstić information content (AvgIpc) is 2.83. The van der Waals surface area contributed by atoms with Crippen LogP contribution in [0.2, 0.25) is 0 Å². The van der Waals surface area contributed by atoms with Gasteiger partial charge in [-0.25, -0.2) is 4.39 Å². The molecule has 32 heavy (non-hydrogen) atoms. The Morgan fingerprint density at radius 3 is 2.19 bits per heavy atom. The fourth-order valence-corrected chi connectivity index (χ4v) is 3.85. The molecule has 1 aliphatic rings. The van der Waals surface area contributed by atoms with Crippen molar-refractivity contribution in [1.82, 2.24) is 15.1 Å². The Balaban J connectivity index is 1.36. The van der Waals surface area contributed by atoms with Gasteiger partial charge in [0.15, 0.2) is 0 Å². The lowest BCUT2D eigenvalue weighted by atomic mass is 10.1. The van der Waals surface area contributed by atoms with Crippen molar-refractivity contribution in [2.75, 3.05) is 39.8 Å². The molecule has 1 aliphatic heterocycles. The molecule has 172 valence electrons. The van der Waals surface area contributed by atoms with Crippen LogP contribution in [-0.2, 0) is 22.4 Å². The molecule has 2 amide bonds. The molecular formula is C25H32FN3O3. The summed E-state index contributed by atoms with van der Waals surface area (Å²) in [7, 11) is 1.64. The summed E-state index contributed by atoms with van der Waals surface area (Å²) >= 11 is 0. The van der Waals surface area contributed by atoms with Gasteiger partial charge in [-0.3, -0.25) is 14.5 Å². The van der Waals surface area contributed by atoms with E-state index in [1.54, 1.807) is 19.2 Å². The van der Waals surface area contributed by atoms with Crippen LogP contribution >= 0.6 is 0 Å². The predicted molar refractivity (Wildman–Crippen MR) is 122 cm³/mol. The Labute approximate surface area is 189 Å². The minimum Gasteiger partial charge on any atom is -0.497 e. The molecule has 0 radical (unpaired) electrons. The quantitative estimate of drug-likeness (QED) is 0.650. The minimum atomic E-state index is -0.259. The number of nitrogens with zero attached hydrogens (tertiary/aromatic N) is 2. The zero-order valence-electron chi connectivity index (χ0n) is 18.9. The maximum Gasteiger partial charge on any atom is 0.237 e. The molecule has 1 N–H and O–H groups in total. The normalized spacial score (nSPS) is 15.3. The van der Waals surface area contributed by atoms with Crippen LogP contribution in [0.15, 0.2) is 48.5 Å². The van der Waals surface area contributed by atoms with Gasteiger partial charge in [0.05, 0.1) is 13.2 Å². The Bertz CT molecular complexity index is 878. The van der Waals surface area contributed by atoms with Crippen LogP contribution in [0.25, 0.3) is 0 Å². The second kappa shape index (κ2) is 11.6. The first-order chi connectivity index (χ1) is 15.5. The maximum atomic E-state index is 13.0. The van der Waals surface area contributed by atoms with Crippen LogP contribution in [0.1, 0.15) is 24.5 Å². The van der Waals surface area contributed by atoms with Gasteiger partial charge in [-0.15, -0.1) is 0 Å². The standard InChI is InChI=1S/C25H32FN3O3/c1-19(25(31)27-14-13-21-3-8-22(26)9-4-21)28-15-17-29(18-16-28)24(30)12-7-20-5-10-23(32-2)11-6-20/h3-6,8-11,19H,7,12-18H2,1-2H3,(H,27,31). The van der Waals surface area contributed by atoms with E-state index in [-0.39, 0.29) is 23.7 Å². The molecule has 1 atom stereocenters. The van der Waals surface area contributed by atoms with E-state index < -0.39 is 0 Å². The number of hydrogen-bond donors (Lipinski definition) is 1. The zero-order valence-corrected chi connectivity index (χ0v) is 18.9. The summed E-state index contributed by atoms with van der Waals surface area (Å²) in [6, 6.07) is 13.9. The maximum absolute atomic E-state index is 13.0. The number of carbonyl (C=O) groups is 2. The molecule has 6 nitrogen and oxygen atoms in total. The van der Waals surface area contributed by atoms with E-state index in [1.807, 2.05) is 36.1 Å². The summed E-state index contributed by atoms with van der Waals surface area (Å²) in [4.78, 5) is 29.1. The molecule has 7 heteroatoms. The van der Waals surface area contributed by atoms with Crippen molar-refractivity contribution < 1.29 is 18.7 Å². The number of ether oxygens (including phenoxy) is 1. The second-order valence-corrected chi connectivity index (χ2v) is 8.11. The van der Waals surface area contributed by atoms with Crippen LogP contribution in [-0.4, -0.2) is 67.5 Å². The second-order valence-electron chi connectivity index (χ2n) is 8.11. The third kappa shape index (κ3) is 6.79. The third-order valence-electron chi connectivity index (χ3n) is 6.01.